The average molecular weight is 314 g/mol. The first kappa shape index (κ1) is 17.2. The molecule has 0 unspecified atom stereocenters. The van der Waals surface area contributed by atoms with Crippen molar-refractivity contribution in [1.82, 2.24) is 5.32 Å². The molecule has 6 heteroatoms. The highest BCUT2D eigenvalue weighted by Crippen LogP contribution is 2.20. The zero-order valence-corrected chi connectivity index (χ0v) is 12.6. The van der Waals surface area contributed by atoms with Gasteiger partial charge in [0.15, 0.2) is 6.61 Å². The molecule has 1 N–H and O–H groups in total. The minimum absolute atomic E-state index is 0.0176. The van der Waals surface area contributed by atoms with Crippen molar-refractivity contribution in [2.75, 3.05) is 6.61 Å². The van der Waals surface area contributed by atoms with Gasteiger partial charge >= 0.3 is 5.97 Å². The van der Waals surface area contributed by atoms with Crippen molar-refractivity contribution in [3.05, 3.63) is 40.7 Å². The van der Waals surface area contributed by atoms with Gasteiger partial charge in [0.25, 0.3) is 5.91 Å². The topological polar surface area (TPSA) is 55.4 Å². The highest BCUT2D eigenvalue weighted by molar-refractivity contribution is 6.32. The van der Waals surface area contributed by atoms with E-state index >= 15 is 0 Å². The molecule has 0 bridgehead atoms. The first-order valence-electron chi connectivity index (χ1n) is 6.52. The molecular formula is C15H17ClFNO3. The monoisotopic (exact) mass is 313 g/mol. The van der Waals surface area contributed by atoms with Crippen LogP contribution >= 0.6 is 11.6 Å². The van der Waals surface area contributed by atoms with Crippen molar-refractivity contribution in [2.45, 2.75) is 26.3 Å². The number of hydrogen-bond acceptors (Lipinski definition) is 3. The van der Waals surface area contributed by atoms with Crippen LogP contribution in [0.1, 0.15) is 25.8 Å². The van der Waals surface area contributed by atoms with Crippen molar-refractivity contribution < 1.29 is 18.7 Å². The van der Waals surface area contributed by atoms with E-state index in [9.17, 15) is 14.0 Å². The van der Waals surface area contributed by atoms with Gasteiger partial charge in [-0.05, 0) is 31.6 Å². The average Bonchev–Trinajstić information content (AvgIpc) is 2.44. The summed E-state index contributed by atoms with van der Waals surface area (Å²) >= 11 is 5.81. The molecule has 21 heavy (non-hydrogen) atoms. The number of carbonyl (C=O) groups excluding carboxylic acids is 2. The molecule has 1 atom stereocenters. The van der Waals surface area contributed by atoms with Crippen LogP contribution in [0.5, 0.6) is 0 Å². The molecule has 0 saturated carbocycles. The first-order chi connectivity index (χ1) is 9.93. The van der Waals surface area contributed by atoms with Gasteiger partial charge in [0, 0.05) is 17.7 Å². The summed E-state index contributed by atoms with van der Waals surface area (Å²) in [7, 11) is 0. The maximum Gasteiger partial charge on any atom is 0.331 e. The molecule has 4 nitrogen and oxygen atoms in total. The lowest BCUT2D eigenvalue weighted by Crippen LogP contribution is -2.35. The standard InChI is InChI=1S/C15H17ClFNO3/c1-3-10(2)18-14(19)9-21-15(20)8-7-11-12(16)5-4-6-13(11)17/h4-8,10H,3,9H2,1-2H3,(H,18,19)/b8-7+/t10-/m0/s1. The molecule has 0 heterocycles. The number of rotatable bonds is 6. The van der Waals surface area contributed by atoms with Crippen LogP contribution in [0.15, 0.2) is 24.3 Å². The number of halogens is 2. The van der Waals surface area contributed by atoms with Gasteiger partial charge in [-0.25, -0.2) is 9.18 Å². The second-order valence-corrected chi connectivity index (χ2v) is 4.86. The maximum absolute atomic E-state index is 13.4. The summed E-state index contributed by atoms with van der Waals surface area (Å²) in [5, 5.41) is 2.84. The fourth-order valence-electron chi connectivity index (χ4n) is 1.42. The van der Waals surface area contributed by atoms with E-state index in [2.05, 4.69) is 5.32 Å². The highest BCUT2D eigenvalue weighted by atomic mass is 35.5. The second-order valence-electron chi connectivity index (χ2n) is 4.45. The Kier molecular flexibility index (Phi) is 6.88. The maximum atomic E-state index is 13.4. The molecule has 0 spiro atoms. The Balaban J connectivity index is 2.51. The van der Waals surface area contributed by atoms with Crippen LogP contribution in [0.3, 0.4) is 0 Å². The Morgan fingerprint density at radius 1 is 1.48 bits per heavy atom. The fourth-order valence-corrected chi connectivity index (χ4v) is 1.65. The number of carbonyl (C=O) groups is 2. The van der Waals surface area contributed by atoms with E-state index in [0.29, 0.717) is 0 Å². The summed E-state index contributed by atoms with van der Waals surface area (Å²) in [6.07, 6.45) is 3.03. The smallest absolute Gasteiger partial charge is 0.331 e. The predicted molar refractivity (Wildman–Crippen MR) is 79.3 cm³/mol. The number of benzene rings is 1. The SMILES string of the molecule is CC[C@H](C)NC(=O)COC(=O)/C=C/c1c(F)cccc1Cl. The molecule has 0 radical (unpaired) electrons. The zero-order valence-electron chi connectivity index (χ0n) is 11.9. The van der Waals surface area contributed by atoms with E-state index in [0.717, 1.165) is 12.5 Å². The highest BCUT2D eigenvalue weighted by Gasteiger charge is 2.08. The number of nitrogens with one attached hydrogen (secondary N) is 1. The normalized spacial score (nSPS) is 12.2. The molecule has 114 valence electrons. The minimum atomic E-state index is -0.742. The van der Waals surface area contributed by atoms with E-state index in [-0.39, 0.29) is 29.1 Å². The van der Waals surface area contributed by atoms with Crippen LogP contribution in [0.2, 0.25) is 5.02 Å². The molecule has 0 aliphatic carbocycles. The summed E-state index contributed by atoms with van der Waals surface area (Å²) in [6, 6.07) is 4.22. The van der Waals surface area contributed by atoms with Gasteiger partial charge in [-0.3, -0.25) is 4.79 Å². The molecule has 0 saturated heterocycles. The zero-order chi connectivity index (χ0) is 15.8. The van der Waals surface area contributed by atoms with Crippen molar-refractivity contribution in [3.63, 3.8) is 0 Å². The van der Waals surface area contributed by atoms with Gasteiger partial charge in [-0.15, -0.1) is 0 Å². The van der Waals surface area contributed by atoms with Gasteiger partial charge in [-0.1, -0.05) is 24.6 Å². The van der Waals surface area contributed by atoms with Gasteiger partial charge in [0.1, 0.15) is 5.82 Å². The lowest BCUT2D eigenvalue weighted by molar-refractivity contribution is -0.144. The lowest BCUT2D eigenvalue weighted by atomic mass is 10.2. The molecule has 0 aliphatic rings. The Hall–Kier alpha value is -1.88. The van der Waals surface area contributed by atoms with Crippen molar-refractivity contribution in [2.24, 2.45) is 0 Å². The van der Waals surface area contributed by atoms with Crippen LogP contribution in [0, 0.1) is 5.82 Å². The number of amides is 1. The Labute approximate surface area is 127 Å². The summed E-state index contributed by atoms with van der Waals surface area (Å²) in [6.45, 7) is 3.40. The van der Waals surface area contributed by atoms with Crippen molar-refractivity contribution in [3.8, 4) is 0 Å². The van der Waals surface area contributed by atoms with Crippen LogP contribution in [-0.2, 0) is 14.3 Å². The molecule has 1 rings (SSSR count). The number of esters is 1. The van der Waals surface area contributed by atoms with Gasteiger partial charge in [-0.2, -0.15) is 0 Å². The Morgan fingerprint density at radius 2 is 2.19 bits per heavy atom. The fraction of sp³-hybridized carbons (Fsp3) is 0.333. The largest absolute Gasteiger partial charge is 0.452 e. The summed E-state index contributed by atoms with van der Waals surface area (Å²) in [5.74, 6) is -1.66. The predicted octanol–water partition coefficient (Wildman–Crippen LogP) is 2.95. The third kappa shape index (κ3) is 5.95. The Morgan fingerprint density at radius 3 is 2.81 bits per heavy atom. The van der Waals surface area contributed by atoms with Crippen LogP contribution in [0.25, 0.3) is 6.08 Å². The molecule has 1 aromatic rings. The lowest BCUT2D eigenvalue weighted by Gasteiger charge is -2.10. The van der Waals surface area contributed by atoms with Crippen molar-refractivity contribution in [1.29, 1.82) is 0 Å². The van der Waals surface area contributed by atoms with E-state index in [1.54, 1.807) is 0 Å². The summed E-state index contributed by atoms with van der Waals surface area (Å²) in [5.41, 5.74) is 0.0974. The molecule has 0 fully saturated rings. The minimum Gasteiger partial charge on any atom is -0.452 e. The number of hydrogen-bond donors (Lipinski definition) is 1. The third-order valence-corrected chi connectivity index (χ3v) is 3.08. The van der Waals surface area contributed by atoms with Crippen LogP contribution in [0.4, 0.5) is 4.39 Å². The van der Waals surface area contributed by atoms with E-state index in [4.69, 9.17) is 16.3 Å². The number of ether oxygens (including phenoxy) is 1. The summed E-state index contributed by atoms with van der Waals surface area (Å²) < 4.78 is 18.2. The first-order valence-corrected chi connectivity index (χ1v) is 6.90. The quantitative estimate of drug-likeness (QED) is 0.649. The second kappa shape index (κ2) is 8.42. The van der Waals surface area contributed by atoms with Gasteiger partial charge in [0.05, 0.1) is 5.02 Å². The third-order valence-electron chi connectivity index (χ3n) is 2.75. The van der Waals surface area contributed by atoms with Crippen LogP contribution in [-0.4, -0.2) is 24.5 Å². The molecular weight excluding hydrogens is 297 g/mol. The van der Waals surface area contributed by atoms with Crippen LogP contribution < -0.4 is 5.32 Å². The van der Waals surface area contributed by atoms with E-state index in [1.807, 2.05) is 13.8 Å². The molecule has 0 aliphatic heterocycles. The van der Waals surface area contributed by atoms with Crippen molar-refractivity contribution >= 4 is 29.6 Å². The van der Waals surface area contributed by atoms with Gasteiger partial charge < -0.3 is 10.1 Å². The van der Waals surface area contributed by atoms with E-state index in [1.165, 1.54) is 24.3 Å². The molecule has 1 aromatic carbocycles. The summed E-state index contributed by atoms with van der Waals surface area (Å²) in [4.78, 5) is 22.8. The molecule has 1 amide bonds. The Bertz CT molecular complexity index is 525. The molecule has 0 aromatic heterocycles. The van der Waals surface area contributed by atoms with E-state index < -0.39 is 11.8 Å². The van der Waals surface area contributed by atoms with Gasteiger partial charge in [0.2, 0.25) is 0 Å².